The molecule has 2 saturated carbocycles. The van der Waals surface area contributed by atoms with Crippen LogP contribution in [0.15, 0.2) is 12.1 Å². The molecule has 190 valence electrons. The van der Waals surface area contributed by atoms with Crippen LogP contribution in [-0.2, 0) is 16.5 Å². The summed E-state index contributed by atoms with van der Waals surface area (Å²) < 4.78 is 53.7. The molecule has 2 aromatic rings. The smallest absolute Gasteiger partial charge is 0.422 e. The first-order chi connectivity index (χ1) is 16.5. The minimum absolute atomic E-state index is 0.0284. The number of aliphatic hydroxyl groups excluding tert-OH is 1. The highest BCUT2D eigenvalue weighted by atomic mass is 19.4. The van der Waals surface area contributed by atoms with Crippen molar-refractivity contribution in [2.24, 2.45) is 12.5 Å². The third kappa shape index (κ3) is 4.65. The fourth-order valence-corrected chi connectivity index (χ4v) is 4.40. The lowest BCUT2D eigenvalue weighted by atomic mass is 10.1. The Morgan fingerprint density at radius 2 is 2.14 bits per heavy atom. The van der Waals surface area contributed by atoms with Crippen LogP contribution in [0.1, 0.15) is 41.5 Å². The highest BCUT2D eigenvalue weighted by Gasteiger charge is 2.84. The van der Waals surface area contributed by atoms with E-state index in [4.69, 9.17) is 9.47 Å². The fourth-order valence-electron chi connectivity index (χ4n) is 4.40. The molecular formula is C20H23F3N6O6. The molecule has 2 aliphatic carbocycles. The summed E-state index contributed by atoms with van der Waals surface area (Å²) in [6.07, 6.45) is -4.08. The molecule has 5 rings (SSSR count). The maximum Gasteiger partial charge on any atom is 0.422 e. The SMILES string of the molecule is Cn1nc(OCC(F)(F)F)cc1C(=O)Nc1cc([C@H]2C[C@@H](OC(=O)NC34CC3(CO)C4)CO2)[nH]n1. The Morgan fingerprint density at radius 3 is 2.83 bits per heavy atom. The number of nitrogens with zero attached hydrogens (tertiary/aromatic N) is 3. The average molecular weight is 500 g/mol. The van der Waals surface area contributed by atoms with Crippen LogP contribution in [0.2, 0.25) is 0 Å². The zero-order valence-corrected chi connectivity index (χ0v) is 18.5. The van der Waals surface area contributed by atoms with Crippen LogP contribution in [-0.4, -0.2) is 74.7 Å². The van der Waals surface area contributed by atoms with Gasteiger partial charge in [0.15, 0.2) is 12.4 Å². The number of alkyl halides is 3. The standard InChI is InChI=1S/C20H23F3N6O6/c1-29-12(4-15(28-29)34-9-20(21,22)23)16(31)24-14-3-11(26-27-14)13-2-10(5-33-13)35-17(32)25-19-6-18(19,7-19)8-30/h3-4,10,13,30H,2,5-9H2,1H3,(H,25,32)(H2,24,26,27,31)/t10-,13-,18?,19?/m1/s1. The van der Waals surface area contributed by atoms with Gasteiger partial charge in [-0.05, 0) is 12.8 Å². The predicted octanol–water partition coefficient (Wildman–Crippen LogP) is 1.42. The van der Waals surface area contributed by atoms with E-state index in [1.54, 1.807) is 6.07 Å². The number of alkyl carbamates (subject to hydrolysis) is 1. The number of aromatic amines is 1. The molecule has 12 nitrogen and oxygen atoms in total. The summed E-state index contributed by atoms with van der Waals surface area (Å²) in [5.74, 6) is -0.822. The number of aromatic nitrogens is 4. The molecule has 3 heterocycles. The van der Waals surface area contributed by atoms with Crippen LogP contribution < -0.4 is 15.4 Å². The molecule has 4 N–H and O–H groups in total. The van der Waals surface area contributed by atoms with Crippen molar-refractivity contribution in [3.63, 3.8) is 0 Å². The molecule has 35 heavy (non-hydrogen) atoms. The van der Waals surface area contributed by atoms with Gasteiger partial charge in [0.05, 0.1) is 24.4 Å². The number of ether oxygens (including phenoxy) is 3. The van der Waals surface area contributed by atoms with Gasteiger partial charge < -0.3 is 30.0 Å². The number of amides is 2. The molecule has 3 fully saturated rings. The van der Waals surface area contributed by atoms with Crippen LogP contribution in [0.4, 0.5) is 23.8 Å². The van der Waals surface area contributed by atoms with Crippen LogP contribution in [0.25, 0.3) is 0 Å². The molecule has 0 spiro atoms. The Labute approximate surface area is 196 Å². The molecular weight excluding hydrogens is 477 g/mol. The number of halogens is 3. The number of hydrogen-bond acceptors (Lipinski definition) is 8. The van der Waals surface area contributed by atoms with Crippen LogP contribution >= 0.6 is 0 Å². The Bertz CT molecular complexity index is 1140. The van der Waals surface area contributed by atoms with Crippen molar-refractivity contribution in [2.45, 2.75) is 43.2 Å². The fraction of sp³-hybridized carbons (Fsp3) is 0.600. The van der Waals surface area contributed by atoms with Crippen molar-refractivity contribution in [1.82, 2.24) is 25.3 Å². The number of carbonyl (C=O) groups is 2. The molecule has 2 aromatic heterocycles. The summed E-state index contributed by atoms with van der Waals surface area (Å²) in [5.41, 5.74) is 0.0466. The van der Waals surface area contributed by atoms with E-state index in [2.05, 4.69) is 30.7 Å². The number of carbonyl (C=O) groups excluding carboxylic acids is 2. The molecule has 2 amide bonds. The van der Waals surface area contributed by atoms with E-state index in [1.807, 2.05) is 0 Å². The summed E-state index contributed by atoms with van der Waals surface area (Å²) in [7, 11) is 1.39. The minimum atomic E-state index is -4.53. The molecule has 15 heteroatoms. The van der Waals surface area contributed by atoms with Crippen LogP contribution in [0, 0.1) is 5.41 Å². The second kappa shape index (κ2) is 8.12. The number of anilines is 1. The zero-order valence-electron chi connectivity index (χ0n) is 18.5. The molecule has 3 aliphatic rings. The number of rotatable bonds is 8. The predicted molar refractivity (Wildman–Crippen MR) is 109 cm³/mol. The van der Waals surface area contributed by atoms with E-state index in [1.165, 1.54) is 7.05 Å². The highest BCUT2D eigenvalue weighted by molar-refractivity contribution is 6.02. The van der Waals surface area contributed by atoms with Crippen molar-refractivity contribution in [3.05, 3.63) is 23.5 Å². The van der Waals surface area contributed by atoms with Gasteiger partial charge in [-0.25, -0.2) is 4.79 Å². The second-order valence-corrected chi connectivity index (χ2v) is 9.14. The number of aliphatic hydroxyl groups is 1. The second-order valence-electron chi connectivity index (χ2n) is 9.14. The summed E-state index contributed by atoms with van der Waals surface area (Å²) in [6.45, 7) is -1.29. The van der Waals surface area contributed by atoms with Gasteiger partial charge in [-0.15, -0.1) is 5.10 Å². The first-order valence-corrected chi connectivity index (χ1v) is 10.8. The van der Waals surface area contributed by atoms with E-state index in [0.29, 0.717) is 12.1 Å². The molecule has 0 radical (unpaired) electrons. The zero-order chi connectivity index (χ0) is 25.0. The maximum absolute atomic E-state index is 12.5. The van der Waals surface area contributed by atoms with Gasteiger partial charge in [0.25, 0.3) is 5.91 Å². The van der Waals surface area contributed by atoms with Crippen LogP contribution in [0.3, 0.4) is 0 Å². The van der Waals surface area contributed by atoms with Gasteiger partial charge >= 0.3 is 12.3 Å². The third-order valence-corrected chi connectivity index (χ3v) is 6.58. The van der Waals surface area contributed by atoms with Gasteiger partial charge in [0.2, 0.25) is 5.88 Å². The van der Waals surface area contributed by atoms with Gasteiger partial charge in [-0.1, -0.05) is 0 Å². The van der Waals surface area contributed by atoms with Crippen molar-refractivity contribution in [1.29, 1.82) is 0 Å². The summed E-state index contributed by atoms with van der Waals surface area (Å²) in [5, 5.41) is 25.2. The Morgan fingerprint density at radius 1 is 1.37 bits per heavy atom. The van der Waals surface area contributed by atoms with E-state index in [9.17, 15) is 27.9 Å². The number of nitrogens with one attached hydrogen (secondary N) is 3. The number of hydrogen-bond donors (Lipinski definition) is 4. The number of H-pyrrole nitrogens is 1. The number of fused-ring (bicyclic) bond motifs is 1. The molecule has 1 saturated heterocycles. The van der Waals surface area contributed by atoms with E-state index in [0.717, 1.165) is 23.6 Å². The molecule has 1 aliphatic heterocycles. The average Bonchev–Trinajstić information content (AvgIpc) is 3.21. The van der Waals surface area contributed by atoms with Gasteiger partial charge in [0, 0.05) is 31.0 Å². The lowest BCUT2D eigenvalue weighted by molar-refractivity contribution is -0.154. The Balaban J connectivity index is 1.11. The summed E-state index contributed by atoms with van der Waals surface area (Å²) in [4.78, 5) is 24.7. The normalized spacial score (nSPS) is 28.8. The Kier molecular flexibility index (Phi) is 5.43. The summed E-state index contributed by atoms with van der Waals surface area (Å²) >= 11 is 0. The molecule has 0 bridgehead atoms. The van der Waals surface area contributed by atoms with E-state index < -0.39 is 37.0 Å². The first kappa shape index (κ1) is 23.4. The number of aryl methyl sites for hydroxylation is 1. The van der Waals surface area contributed by atoms with Gasteiger partial charge in [0.1, 0.15) is 17.9 Å². The molecule has 2 atom stereocenters. The monoisotopic (exact) mass is 500 g/mol. The third-order valence-electron chi connectivity index (χ3n) is 6.58. The van der Waals surface area contributed by atoms with Gasteiger partial charge in [-0.2, -0.15) is 18.3 Å². The maximum atomic E-state index is 12.5. The van der Waals surface area contributed by atoms with E-state index >= 15 is 0 Å². The highest BCUT2D eigenvalue weighted by Crippen LogP contribution is 2.78. The summed E-state index contributed by atoms with van der Waals surface area (Å²) in [6, 6.07) is 2.64. The minimum Gasteiger partial charge on any atom is -0.467 e. The quantitative estimate of drug-likeness (QED) is 0.425. The molecule has 0 unspecified atom stereocenters. The van der Waals surface area contributed by atoms with Crippen molar-refractivity contribution >= 4 is 17.8 Å². The largest absolute Gasteiger partial charge is 0.467 e. The topological polar surface area (TPSA) is 153 Å². The lowest BCUT2D eigenvalue weighted by Gasteiger charge is -2.12. The Hall–Kier alpha value is -3.33. The van der Waals surface area contributed by atoms with Crippen LogP contribution in [0.5, 0.6) is 5.88 Å². The van der Waals surface area contributed by atoms with Gasteiger partial charge in [-0.3, -0.25) is 14.6 Å². The lowest BCUT2D eigenvalue weighted by Crippen LogP contribution is -2.34. The van der Waals surface area contributed by atoms with Crippen molar-refractivity contribution in [3.8, 4) is 5.88 Å². The first-order valence-electron chi connectivity index (χ1n) is 10.8. The molecule has 0 aromatic carbocycles. The van der Waals surface area contributed by atoms with E-state index in [-0.39, 0.29) is 41.6 Å². The van der Waals surface area contributed by atoms with Crippen molar-refractivity contribution in [2.75, 3.05) is 25.1 Å². The van der Waals surface area contributed by atoms with Crippen molar-refractivity contribution < 1.29 is 42.1 Å².